The Balaban J connectivity index is 2.61. The highest BCUT2D eigenvalue weighted by Crippen LogP contribution is 2.18. The largest absolute Gasteiger partial charge is 0.478 e. The van der Waals surface area contributed by atoms with E-state index in [9.17, 15) is 9.59 Å². The van der Waals surface area contributed by atoms with E-state index in [1.807, 2.05) is 25.3 Å². The minimum atomic E-state index is -0.982. The zero-order valence-electron chi connectivity index (χ0n) is 11.0. The molecule has 0 radical (unpaired) electrons. The Bertz CT molecular complexity index is 464. The number of carboxylic acid groups (broad SMARTS) is 1. The topological polar surface area (TPSA) is 69.6 Å². The van der Waals surface area contributed by atoms with Crippen molar-refractivity contribution in [3.05, 3.63) is 28.0 Å². The summed E-state index contributed by atoms with van der Waals surface area (Å²) in [6, 6.07) is 1.73. The van der Waals surface area contributed by atoms with Gasteiger partial charge in [0.15, 0.2) is 0 Å². The molecule has 1 aromatic heterocycles. The number of rotatable bonds is 6. The van der Waals surface area contributed by atoms with Crippen LogP contribution in [0.5, 0.6) is 0 Å². The molecule has 0 saturated carbocycles. The van der Waals surface area contributed by atoms with Crippen LogP contribution >= 0.6 is 11.3 Å². The van der Waals surface area contributed by atoms with E-state index < -0.39 is 5.97 Å². The van der Waals surface area contributed by atoms with Gasteiger partial charge in [-0.3, -0.25) is 0 Å². The first-order valence-corrected chi connectivity index (χ1v) is 6.96. The smallest absolute Gasteiger partial charge is 0.328 e. The van der Waals surface area contributed by atoms with Crippen molar-refractivity contribution < 1.29 is 14.7 Å². The number of nitrogens with one attached hydrogen (secondary N) is 1. The van der Waals surface area contributed by atoms with Gasteiger partial charge in [-0.15, -0.1) is 11.3 Å². The minimum absolute atomic E-state index is 0.105. The van der Waals surface area contributed by atoms with E-state index in [4.69, 9.17) is 5.11 Å². The first kappa shape index (κ1) is 15.2. The van der Waals surface area contributed by atoms with Crippen molar-refractivity contribution in [1.82, 2.24) is 10.2 Å². The standard InChI is InChI=1S/C13H18N2O3S/c1-3-15(4-2)13(18)14-9-11-10(7-8-19-11)5-6-12(16)17/h5-8H,3-4,9H2,1-2H3,(H,14,18)(H,16,17). The Hall–Kier alpha value is -1.82. The number of nitrogens with zero attached hydrogens (tertiary/aromatic N) is 1. The maximum absolute atomic E-state index is 11.8. The van der Waals surface area contributed by atoms with Gasteiger partial charge in [-0.2, -0.15) is 0 Å². The van der Waals surface area contributed by atoms with Gasteiger partial charge < -0.3 is 15.3 Å². The van der Waals surface area contributed by atoms with Crippen LogP contribution in [0.1, 0.15) is 24.3 Å². The Kier molecular flexibility index (Phi) is 6.08. The zero-order chi connectivity index (χ0) is 14.3. The quantitative estimate of drug-likeness (QED) is 0.787. The molecule has 104 valence electrons. The predicted molar refractivity (Wildman–Crippen MR) is 76.1 cm³/mol. The van der Waals surface area contributed by atoms with E-state index in [0.717, 1.165) is 16.5 Å². The maximum atomic E-state index is 11.8. The van der Waals surface area contributed by atoms with Crippen molar-refractivity contribution in [3.8, 4) is 0 Å². The average molecular weight is 282 g/mol. The van der Waals surface area contributed by atoms with Gasteiger partial charge in [-0.1, -0.05) is 0 Å². The molecule has 0 unspecified atom stereocenters. The molecule has 0 bridgehead atoms. The third-order valence-corrected chi connectivity index (χ3v) is 3.57. The molecule has 2 N–H and O–H groups in total. The number of amides is 2. The average Bonchev–Trinajstić information content (AvgIpc) is 2.82. The fourth-order valence-corrected chi connectivity index (χ4v) is 2.39. The molecule has 0 aliphatic rings. The Morgan fingerprint density at radius 3 is 2.68 bits per heavy atom. The van der Waals surface area contributed by atoms with Crippen molar-refractivity contribution in [3.63, 3.8) is 0 Å². The lowest BCUT2D eigenvalue weighted by Crippen LogP contribution is -2.39. The van der Waals surface area contributed by atoms with E-state index >= 15 is 0 Å². The van der Waals surface area contributed by atoms with Crippen molar-refractivity contribution in [2.24, 2.45) is 0 Å². The molecule has 6 heteroatoms. The van der Waals surface area contributed by atoms with E-state index in [1.54, 1.807) is 4.90 Å². The first-order valence-electron chi connectivity index (χ1n) is 6.08. The fraction of sp³-hybridized carbons (Fsp3) is 0.385. The van der Waals surface area contributed by atoms with Gasteiger partial charge in [0.2, 0.25) is 0 Å². The van der Waals surface area contributed by atoms with Crippen LogP contribution in [0.25, 0.3) is 6.08 Å². The molecule has 0 aliphatic heterocycles. The van der Waals surface area contributed by atoms with Crippen LogP contribution in [0.2, 0.25) is 0 Å². The van der Waals surface area contributed by atoms with Gasteiger partial charge in [0.25, 0.3) is 0 Å². The molecule has 0 aromatic carbocycles. The number of hydrogen-bond donors (Lipinski definition) is 2. The van der Waals surface area contributed by atoms with Crippen LogP contribution in [0.15, 0.2) is 17.5 Å². The molecule has 1 heterocycles. The summed E-state index contributed by atoms with van der Waals surface area (Å²) in [6.45, 7) is 5.59. The Labute approximate surface area is 116 Å². The second-order valence-electron chi connectivity index (χ2n) is 3.80. The lowest BCUT2D eigenvalue weighted by Gasteiger charge is -2.19. The number of aliphatic carboxylic acids is 1. The fourth-order valence-electron chi connectivity index (χ4n) is 1.58. The maximum Gasteiger partial charge on any atom is 0.328 e. The van der Waals surface area contributed by atoms with Crippen LogP contribution in [0.3, 0.4) is 0 Å². The van der Waals surface area contributed by atoms with Gasteiger partial charge in [0, 0.05) is 24.0 Å². The van der Waals surface area contributed by atoms with Crippen molar-refractivity contribution in [2.45, 2.75) is 20.4 Å². The molecule has 1 aromatic rings. The van der Waals surface area contributed by atoms with Crippen LogP contribution in [0, 0.1) is 0 Å². The highest BCUT2D eigenvalue weighted by molar-refractivity contribution is 7.10. The Morgan fingerprint density at radius 2 is 2.11 bits per heavy atom. The van der Waals surface area contributed by atoms with Crippen LogP contribution in [-0.2, 0) is 11.3 Å². The number of urea groups is 1. The molecule has 0 spiro atoms. The lowest BCUT2D eigenvalue weighted by molar-refractivity contribution is -0.131. The highest BCUT2D eigenvalue weighted by Gasteiger charge is 2.09. The summed E-state index contributed by atoms with van der Waals surface area (Å²) in [5.74, 6) is -0.982. The summed E-state index contributed by atoms with van der Waals surface area (Å²) in [5.41, 5.74) is 0.826. The van der Waals surface area contributed by atoms with Gasteiger partial charge in [0.1, 0.15) is 0 Å². The van der Waals surface area contributed by atoms with Crippen molar-refractivity contribution in [2.75, 3.05) is 13.1 Å². The normalized spacial score (nSPS) is 10.6. The van der Waals surface area contributed by atoms with Gasteiger partial charge in [0.05, 0.1) is 6.54 Å². The number of carboxylic acids is 1. The molecule has 0 saturated heterocycles. The lowest BCUT2D eigenvalue weighted by atomic mass is 10.2. The highest BCUT2D eigenvalue weighted by atomic mass is 32.1. The SMILES string of the molecule is CCN(CC)C(=O)NCc1sccc1C=CC(=O)O. The van der Waals surface area contributed by atoms with E-state index in [-0.39, 0.29) is 6.03 Å². The second-order valence-corrected chi connectivity index (χ2v) is 4.80. The summed E-state index contributed by atoms with van der Waals surface area (Å²) < 4.78 is 0. The van der Waals surface area contributed by atoms with E-state index in [1.165, 1.54) is 17.4 Å². The molecule has 2 amide bonds. The molecule has 0 aliphatic carbocycles. The third kappa shape index (κ3) is 4.75. The summed E-state index contributed by atoms with van der Waals surface area (Å²) in [5, 5.41) is 13.3. The molecule has 19 heavy (non-hydrogen) atoms. The van der Waals surface area contributed by atoms with Crippen LogP contribution in [-0.4, -0.2) is 35.1 Å². The van der Waals surface area contributed by atoms with Crippen LogP contribution < -0.4 is 5.32 Å². The van der Waals surface area contributed by atoms with Gasteiger partial charge >= 0.3 is 12.0 Å². The van der Waals surface area contributed by atoms with Crippen LogP contribution in [0.4, 0.5) is 4.79 Å². The minimum Gasteiger partial charge on any atom is -0.478 e. The summed E-state index contributed by atoms with van der Waals surface area (Å²) in [4.78, 5) is 24.9. The molecular weight excluding hydrogens is 264 g/mol. The summed E-state index contributed by atoms with van der Waals surface area (Å²) >= 11 is 1.49. The molecule has 1 rings (SSSR count). The van der Waals surface area contributed by atoms with Gasteiger partial charge in [-0.05, 0) is 36.9 Å². The second kappa shape index (κ2) is 7.58. The number of carbonyl (C=O) groups is 2. The molecular formula is C13H18N2O3S. The molecule has 5 nitrogen and oxygen atoms in total. The number of thiophene rings is 1. The van der Waals surface area contributed by atoms with E-state index in [0.29, 0.717) is 19.6 Å². The summed E-state index contributed by atoms with van der Waals surface area (Å²) in [6.07, 6.45) is 2.63. The number of hydrogen-bond acceptors (Lipinski definition) is 3. The third-order valence-electron chi connectivity index (χ3n) is 2.64. The summed E-state index contributed by atoms with van der Waals surface area (Å²) in [7, 11) is 0. The van der Waals surface area contributed by atoms with Gasteiger partial charge in [-0.25, -0.2) is 9.59 Å². The Morgan fingerprint density at radius 1 is 1.42 bits per heavy atom. The van der Waals surface area contributed by atoms with Crippen molar-refractivity contribution >= 4 is 29.4 Å². The first-order chi connectivity index (χ1) is 9.08. The monoisotopic (exact) mass is 282 g/mol. The van der Waals surface area contributed by atoms with Crippen molar-refractivity contribution in [1.29, 1.82) is 0 Å². The predicted octanol–water partition coefficient (Wildman–Crippen LogP) is 2.40. The number of carbonyl (C=O) groups excluding carboxylic acids is 1. The molecule has 0 fully saturated rings. The zero-order valence-corrected chi connectivity index (χ0v) is 11.9. The van der Waals surface area contributed by atoms with E-state index in [2.05, 4.69) is 5.32 Å². The molecule has 0 atom stereocenters.